The van der Waals surface area contributed by atoms with Crippen molar-refractivity contribution in [2.24, 2.45) is 5.92 Å². The van der Waals surface area contributed by atoms with Gasteiger partial charge in [-0.2, -0.15) is 4.90 Å². The number of nitro groups is 1. The van der Waals surface area contributed by atoms with Crippen LogP contribution in [-0.2, 0) is 9.47 Å². The van der Waals surface area contributed by atoms with Crippen molar-refractivity contribution in [3.63, 3.8) is 0 Å². The second-order valence-corrected chi connectivity index (χ2v) is 8.80. The summed E-state index contributed by atoms with van der Waals surface area (Å²) in [5.74, 6) is 6.25. The van der Waals surface area contributed by atoms with E-state index in [1.165, 1.54) is 18.2 Å². The molecule has 1 aliphatic carbocycles. The number of hydrogen-bond donors (Lipinski definition) is 0. The van der Waals surface area contributed by atoms with Gasteiger partial charge in [-0.25, -0.2) is 9.59 Å². The van der Waals surface area contributed by atoms with Crippen molar-refractivity contribution in [3.8, 4) is 11.8 Å². The number of carbonyl (C=O) groups is 2. The molecule has 2 amide bonds. The van der Waals surface area contributed by atoms with E-state index in [1.807, 2.05) is 0 Å². The molecule has 0 saturated heterocycles. The van der Waals surface area contributed by atoms with Gasteiger partial charge >= 0.3 is 12.2 Å². The third-order valence-electron chi connectivity index (χ3n) is 3.56. The lowest BCUT2D eigenvalue weighted by molar-refractivity contribution is -0.384. The third-order valence-corrected chi connectivity index (χ3v) is 3.56. The Bertz CT molecular complexity index is 851. The maximum atomic E-state index is 12.7. The second-order valence-electron chi connectivity index (χ2n) is 8.80. The van der Waals surface area contributed by atoms with Crippen LogP contribution in [-0.4, -0.2) is 28.3 Å². The molecule has 0 bridgehead atoms. The van der Waals surface area contributed by atoms with Gasteiger partial charge in [0.15, 0.2) is 0 Å². The number of anilines is 1. The molecule has 0 aromatic heterocycles. The number of amides is 2. The fourth-order valence-corrected chi connectivity index (χ4v) is 2.24. The molecule has 0 N–H and O–H groups in total. The van der Waals surface area contributed by atoms with E-state index in [9.17, 15) is 19.7 Å². The average Bonchev–Trinajstić information content (AvgIpc) is 3.34. The molecule has 0 atom stereocenters. The molecule has 1 aromatic carbocycles. The zero-order chi connectivity index (χ0) is 22.0. The number of ether oxygens (including phenoxy) is 2. The van der Waals surface area contributed by atoms with E-state index in [4.69, 9.17) is 9.47 Å². The minimum Gasteiger partial charge on any atom is -0.443 e. The summed E-state index contributed by atoms with van der Waals surface area (Å²) in [5, 5.41) is 11.7. The van der Waals surface area contributed by atoms with Crippen molar-refractivity contribution in [1.29, 1.82) is 0 Å². The van der Waals surface area contributed by atoms with E-state index >= 15 is 0 Å². The number of benzene rings is 1. The summed E-state index contributed by atoms with van der Waals surface area (Å²) in [6, 6.07) is 4.08. The summed E-state index contributed by atoms with van der Waals surface area (Å²) in [4.78, 5) is 37.0. The summed E-state index contributed by atoms with van der Waals surface area (Å²) in [7, 11) is 0. The maximum absolute atomic E-state index is 12.7. The molecule has 0 heterocycles. The van der Waals surface area contributed by atoms with Gasteiger partial charge in [0.2, 0.25) is 0 Å². The third kappa shape index (κ3) is 6.79. The van der Waals surface area contributed by atoms with Gasteiger partial charge in [-0.3, -0.25) is 10.1 Å². The van der Waals surface area contributed by atoms with Crippen LogP contribution in [0.5, 0.6) is 0 Å². The smallest absolute Gasteiger partial charge is 0.424 e. The Labute approximate surface area is 170 Å². The molecule has 29 heavy (non-hydrogen) atoms. The van der Waals surface area contributed by atoms with Gasteiger partial charge < -0.3 is 9.47 Å². The van der Waals surface area contributed by atoms with Gasteiger partial charge in [-0.05, 0) is 66.5 Å². The van der Waals surface area contributed by atoms with Crippen molar-refractivity contribution in [2.45, 2.75) is 65.6 Å². The quantitative estimate of drug-likeness (QED) is 0.391. The van der Waals surface area contributed by atoms with Crippen LogP contribution >= 0.6 is 0 Å². The lowest BCUT2D eigenvalue weighted by Crippen LogP contribution is -2.44. The average molecular weight is 402 g/mol. The monoisotopic (exact) mass is 402 g/mol. The number of carbonyl (C=O) groups excluding carboxylic acids is 2. The Kier molecular flexibility index (Phi) is 6.21. The van der Waals surface area contributed by atoms with Crippen LogP contribution in [0.4, 0.5) is 21.0 Å². The molecule has 0 aliphatic heterocycles. The van der Waals surface area contributed by atoms with Crippen LogP contribution in [0.2, 0.25) is 0 Å². The highest BCUT2D eigenvalue weighted by Crippen LogP contribution is 2.32. The van der Waals surface area contributed by atoms with E-state index in [0.717, 1.165) is 12.8 Å². The first-order valence-corrected chi connectivity index (χ1v) is 9.33. The van der Waals surface area contributed by atoms with Crippen LogP contribution in [0, 0.1) is 27.9 Å². The summed E-state index contributed by atoms with van der Waals surface area (Å²) >= 11 is 0. The van der Waals surface area contributed by atoms with Crippen LogP contribution in [0.15, 0.2) is 18.2 Å². The molecule has 1 aromatic rings. The number of rotatable bonds is 2. The predicted octanol–water partition coefficient (Wildman–Crippen LogP) is 5.03. The van der Waals surface area contributed by atoms with Crippen molar-refractivity contribution >= 4 is 23.6 Å². The fourth-order valence-electron chi connectivity index (χ4n) is 2.24. The van der Waals surface area contributed by atoms with Gasteiger partial charge in [-0.15, -0.1) is 0 Å². The first kappa shape index (κ1) is 22.2. The molecule has 0 spiro atoms. The minimum atomic E-state index is -1.06. The summed E-state index contributed by atoms with van der Waals surface area (Å²) in [6.45, 7) is 9.77. The Morgan fingerprint density at radius 3 is 2.00 bits per heavy atom. The van der Waals surface area contributed by atoms with Gasteiger partial charge in [0.25, 0.3) is 5.69 Å². The minimum absolute atomic E-state index is 0.240. The normalized spacial score (nSPS) is 13.7. The van der Waals surface area contributed by atoms with Crippen LogP contribution < -0.4 is 4.90 Å². The Morgan fingerprint density at radius 1 is 1.07 bits per heavy atom. The Morgan fingerprint density at radius 2 is 1.59 bits per heavy atom. The molecule has 0 radical (unpaired) electrons. The first-order chi connectivity index (χ1) is 13.3. The second kappa shape index (κ2) is 8.11. The van der Waals surface area contributed by atoms with E-state index in [1.54, 1.807) is 41.5 Å². The van der Waals surface area contributed by atoms with Crippen molar-refractivity contribution in [1.82, 2.24) is 0 Å². The first-order valence-electron chi connectivity index (χ1n) is 9.33. The van der Waals surface area contributed by atoms with Crippen LogP contribution in [0.1, 0.15) is 59.9 Å². The molecule has 0 unspecified atom stereocenters. The highest BCUT2D eigenvalue weighted by Gasteiger charge is 2.36. The Balaban J connectivity index is 2.50. The van der Waals surface area contributed by atoms with Gasteiger partial charge in [0.1, 0.15) is 16.9 Å². The molecule has 8 nitrogen and oxygen atoms in total. The van der Waals surface area contributed by atoms with Crippen molar-refractivity contribution in [2.75, 3.05) is 4.90 Å². The molecule has 2 rings (SSSR count). The number of nitrogens with zero attached hydrogens (tertiary/aromatic N) is 2. The van der Waals surface area contributed by atoms with Gasteiger partial charge in [0.05, 0.1) is 4.92 Å². The largest absolute Gasteiger partial charge is 0.443 e. The van der Waals surface area contributed by atoms with Crippen LogP contribution in [0.25, 0.3) is 0 Å². The Hall–Kier alpha value is -3.08. The van der Waals surface area contributed by atoms with Gasteiger partial charge in [0, 0.05) is 17.5 Å². The molecule has 1 saturated carbocycles. The van der Waals surface area contributed by atoms with E-state index in [2.05, 4.69) is 11.8 Å². The summed E-state index contributed by atoms with van der Waals surface area (Å²) in [6.07, 6.45) is -0.0745. The molecule has 8 heteroatoms. The lowest BCUT2D eigenvalue weighted by atomic mass is 10.1. The number of hydrogen-bond acceptors (Lipinski definition) is 6. The zero-order valence-electron chi connectivity index (χ0n) is 17.6. The summed E-state index contributed by atoms with van der Waals surface area (Å²) in [5.41, 5.74) is -2.08. The molecule has 1 fully saturated rings. The van der Waals surface area contributed by atoms with E-state index < -0.39 is 34.0 Å². The predicted molar refractivity (Wildman–Crippen MR) is 108 cm³/mol. The highest BCUT2D eigenvalue weighted by molar-refractivity contribution is 6.11. The molecule has 1 aliphatic rings. The molecular weight excluding hydrogens is 376 g/mol. The fraction of sp³-hybridized carbons (Fsp3) is 0.524. The number of nitro benzene ring substituents is 1. The topological polar surface area (TPSA) is 99.0 Å². The van der Waals surface area contributed by atoms with Crippen molar-refractivity contribution in [3.05, 3.63) is 33.9 Å². The van der Waals surface area contributed by atoms with Crippen molar-refractivity contribution < 1.29 is 24.0 Å². The standard InChI is InChI=1S/C21H26N2O6/c1-20(2,3)28-18(24)22(19(25)29-21(4,5)6)16-12-11-15(10-9-14-7-8-14)13-17(16)23(26)27/h11-14H,7-8H2,1-6H3. The SMILES string of the molecule is CC(C)(C)OC(=O)N(C(=O)OC(C)(C)C)c1ccc(C#CC2CC2)cc1[N+](=O)[O-]. The number of imide groups is 1. The van der Waals surface area contributed by atoms with Crippen LogP contribution in [0.3, 0.4) is 0 Å². The highest BCUT2D eigenvalue weighted by atomic mass is 16.6. The van der Waals surface area contributed by atoms with Gasteiger partial charge in [-0.1, -0.05) is 11.8 Å². The zero-order valence-corrected chi connectivity index (χ0v) is 17.6. The van der Waals surface area contributed by atoms with E-state index in [0.29, 0.717) is 16.4 Å². The lowest BCUT2D eigenvalue weighted by Gasteiger charge is -2.28. The maximum Gasteiger partial charge on any atom is 0.424 e. The molecular formula is C21H26N2O6. The molecule has 156 valence electrons. The summed E-state index contributed by atoms with van der Waals surface area (Å²) < 4.78 is 10.6. The van der Waals surface area contributed by atoms with E-state index in [-0.39, 0.29) is 5.69 Å².